The summed E-state index contributed by atoms with van der Waals surface area (Å²) in [6, 6.07) is 0. The molecule has 0 spiro atoms. The highest BCUT2D eigenvalue weighted by Crippen LogP contribution is 2.62. The summed E-state index contributed by atoms with van der Waals surface area (Å²) in [5.41, 5.74) is 0.817. The molecule has 0 N–H and O–H groups in total. The molecule has 2 heteroatoms. The van der Waals surface area contributed by atoms with Crippen LogP contribution in [0.1, 0.15) is 45.4 Å². The Hall–Kier alpha value is -0.370. The fourth-order valence-electron chi connectivity index (χ4n) is 3.43. The van der Waals surface area contributed by atoms with Gasteiger partial charge in [0.05, 0.1) is 6.61 Å². The number of hydrogen-bond acceptors (Lipinski definition) is 2. The normalized spacial score (nSPS) is 40.4. The van der Waals surface area contributed by atoms with Crippen molar-refractivity contribution in [2.24, 2.45) is 10.8 Å². The van der Waals surface area contributed by atoms with E-state index in [0.717, 1.165) is 25.9 Å². The third-order valence-corrected chi connectivity index (χ3v) is 4.25. The molecule has 2 nitrogen and oxygen atoms in total. The first-order valence-corrected chi connectivity index (χ1v) is 5.76. The zero-order valence-electron chi connectivity index (χ0n) is 9.05. The molecule has 0 saturated heterocycles. The van der Waals surface area contributed by atoms with E-state index >= 15 is 0 Å². The minimum atomic E-state index is 0.374. The van der Waals surface area contributed by atoms with Crippen molar-refractivity contribution < 1.29 is 9.53 Å². The summed E-state index contributed by atoms with van der Waals surface area (Å²) in [5, 5.41) is 0. The van der Waals surface area contributed by atoms with Gasteiger partial charge in [-0.1, -0.05) is 0 Å². The van der Waals surface area contributed by atoms with E-state index in [1.807, 2.05) is 0 Å². The van der Waals surface area contributed by atoms with Crippen LogP contribution in [0, 0.1) is 10.8 Å². The van der Waals surface area contributed by atoms with Gasteiger partial charge in [-0.2, -0.15) is 0 Å². The largest absolute Gasteiger partial charge is 0.381 e. The smallest absolute Gasteiger partial charge is 0.120 e. The van der Waals surface area contributed by atoms with E-state index in [2.05, 4.69) is 6.92 Å². The first-order chi connectivity index (χ1) is 6.74. The zero-order chi connectivity index (χ0) is 10.1. The lowest BCUT2D eigenvalue weighted by molar-refractivity contribution is -0.109. The molecule has 0 amide bonds. The summed E-state index contributed by atoms with van der Waals surface area (Å²) < 4.78 is 5.57. The minimum Gasteiger partial charge on any atom is -0.381 e. The van der Waals surface area contributed by atoms with E-state index in [4.69, 9.17) is 4.74 Å². The van der Waals surface area contributed by atoms with Crippen molar-refractivity contribution in [3.63, 3.8) is 0 Å². The maximum Gasteiger partial charge on any atom is 0.120 e. The van der Waals surface area contributed by atoms with E-state index < -0.39 is 0 Å². The van der Waals surface area contributed by atoms with Crippen LogP contribution in [0.25, 0.3) is 0 Å². The average Bonchev–Trinajstić information content (AvgIpc) is 2.71. The van der Waals surface area contributed by atoms with E-state index in [1.54, 1.807) is 0 Å². The molecule has 2 aliphatic rings. The Balaban J connectivity index is 1.97. The SMILES string of the molecule is CCOCC12CCC(CC=O)(CC1)C2. The van der Waals surface area contributed by atoms with Crippen molar-refractivity contribution in [3.05, 3.63) is 0 Å². The molecule has 0 aromatic rings. The number of aldehydes is 1. The molecule has 2 saturated carbocycles. The Morgan fingerprint density at radius 3 is 2.43 bits per heavy atom. The van der Waals surface area contributed by atoms with Crippen LogP contribution >= 0.6 is 0 Å². The topological polar surface area (TPSA) is 26.3 Å². The Morgan fingerprint density at radius 1 is 1.21 bits per heavy atom. The lowest BCUT2D eigenvalue weighted by atomic mass is 9.81. The van der Waals surface area contributed by atoms with Crippen LogP contribution in [0.5, 0.6) is 0 Å². The summed E-state index contributed by atoms with van der Waals surface area (Å²) in [6.07, 6.45) is 8.18. The van der Waals surface area contributed by atoms with E-state index in [9.17, 15) is 4.79 Å². The van der Waals surface area contributed by atoms with Gasteiger partial charge in [-0.3, -0.25) is 0 Å². The lowest BCUT2D eigenvalue weighted by Crippen LogP contribution is -2.21. The molecule has 2 rings (SSSR count). The summed E-state index contributed by atoms with van der Waals surface area (Å²) in [6.45, 7) is 3.80. The summed E-state index contributed by atoms with van der Waals surface area (Å²) in [7, 11) is 0. The number of fused-ring (bicyclic) bond motifs is 2. The Kier molecular flexibility index (Phi) is 2.65. The van der Waals surface area contributed by atoms with Gasteiger partial charge in [0, 0.05) is 13.0 Å². The fraction of sp³-hybridized carbons (Fsp3) is 0.917. The maximum absolute atomic E-state index is 10.6. The quantitative estimate of drug-likeness (QED) is 0.632. The Bertz CT molecular complexity index is 214. The highest BCUT2D eigenvalue weighted by molar-refractivity contribution is 5.51. The summed E-state index contributed by atoms with van der Waals surface area (Å²) in [4.78, 5) is 10.6. The number of hydrogen-bond donors (Lipinski definition) is 0. The summed E-state index contributed by atoms with van der Waals surface area (Å²) in [5.74, 6) is 0. The van der Waals surface area contributed by atoms with Gasteiger partial charge < -0.3 is 9.53 Å². The molecule has 2 aliphatic carbocycles. The third-order valence-electron chi connectivity index (χ3n) is 4.25. The fourth-order valence-corrected chi connectivity index (χ4v) is 3.43. The van der Waals surface area contributed by atoms with Gasteiger partial charge in [0.2, 0.25) is 0 Å². The van der Waals surface area contributed by atoms with Crippen LogP contribution < -0.4 is 0 Å². The first kappa shape index (κ1) is 10.2. The molecule has 0 aliphatic heterocycles. The molecule has 2 fully saturated rings. The molecule has 2 bridgehead atoms. The standard InChI is InChI=1S/C12H20O2/c1-2-14-10-12-5-3-11(9-12,4-6-12)7-8-13/h8H,2-7,9-10H2,1H3. The van der Waals surface area contributed by atoms with E-state index in [-0.39, 0.29) is 0 Å². The highest BCUT2D eigenvalue weighted by atomic mass is 16.5. The number of carbonyl (C=O) groups excluding carboxylic acids is 1. The minimum absolute atomic E-state index is 0.374. The van der Waals surface area contributed by atoms with Crippen LogP contribution in [0.3, 0.4) is 0 Å². The van der Waals surface area contributed by atoms with Crippen molar-refractivity contribution in [2.75, 3.05) is 13.2 Å². The van der Waals surface area contributed by atoms with Gasteiger partial charge in [0.15, 0.2) is 0 Å². The predicted octanol–water partition coefficient (Wildman–Crippen LogP) is 2.56. The first-order valence-electron chi connectivity index (χ1n) is 5.76. The van der Waals surface area contributed by atoms with Crippen molar-refractivity contribution in [2.45, 2.75) is 45.4 Å². The van der Waals surface area contributed by atoms with Crippen molar-refractivity contribution in [3.8, 4) is 0 Å². The van der Waals surface area contributed by atoms with Crippen molar-refractivity contribution >= 4 is 6.29 Å². The second-order valence-corrected chi connectivity index (χ2v) is 5.18. The van der Waals surface area contributed by atoms with Crippen molar-refractivity contribution in [1.82, 2.24) is 0 Å². The molecule has 0 radical (unpaired) electrons. The number of rotatable bonds is 5. The van der Waals surface area contributed by atoms with Gasteiger partial charge >= 0.3 is 0 Å². The second kappa shape index (κ2) is 3.65. The van der Waals surface area contributed by atoms with Gasteiger partial charge in [0.1, 0.15) is 6.29 Å². The molecular formula is C12H20O2. The third kappa shape index (κ3) is 1.60. The number of ether oxygens (including phenoxy) is 1. The van der Waals surface area contributed by atoms with Crippen LogP contribution in [-0.2, 0) is 9.53 Å². The number of carbonyl (C=O) groups is 1. The van der Waals surface area contributed by atoms with Gasteiger partial charge in [-0.25, -0.2) is 0 Å². The van der Waals surface area contributed by atoms with Crippen LogP contribution in [0.4, 0.5) is 0 Å². The van der Waals surface area contributed by atoms with Crippen molar-refractivity contribution in [1.29, 1.82) is 0 Å². The van der Waals surface area contributed by atoms with E-state index in [0.29, 0.717) is 10.8 Å². The molecule has 80 valence electrons. The predicted molar refractivity (Wildman–Crippen MR) is 55.1 cm³/mol. The molecule has 0 atom stereocenters. The molecule has 0 aromatic heterocycles. The van der Waals surface area contributed by atoms with Crippen LogP contribution in [0.15, 0.2) is 0 Å². The molecule has 0 aromatic carbocycles. The lowest BCUT2D eigenvalue weighted by Gasteiger charge is -2.26. The molecule has 0 heterocycles. The van der Waals surface area contributed by atoms with Crippen LogP contribution in [-0.4, -0.2) is 19.5 Å². The van der Waals surface area contributed by atoms with Crippen LogP contribution in [0.2, 0.25) is 0 Å². The monoisotopic (exact) mass is 196 g/mol. The molecular weight excluding hydrogens is 176 g/mol. The Morgan fingerprint density at radius 2 is 1.86 bits per heavy atom. The second-order valence-electron chi connectivity index (χ2n) is 5.18. The maximum atomic E-state index is 10.6. The zero-order valence-corrected chi connectivity index (χ0v) is 9.05. The van der Waals surface area contributed by atoms with Gasteiger partial charge in [-0.05, 0) is 49.9 Å². The molecule has 0 unspecified atom stereocenters. The van der Waals surface area contributed by atoms with Gasteiger partial charge in [-0.15, -0.1) is 0 Å². The molecule has 14 heavy (non-hydrogen) atoms. The average molecular weight is 196 g/mol. The highest BCUT2D eigenvalue weighted by Gasteiger charge is 2.53. The van der Waals surface area contributed by atoms with Gasteiger partial charge in [0.25, 0.3) is 0 Å². The van der Waals surface area contributed by atoms with E-state index in [1.165, 1.54) is 32.1 Å². The summed E-state index contributed by atoms with van der Waals surface area (Å²) >= 11 is 0. The Labute approximate surface area is 86.0 Å².